The van der Waals surface area contributed by atoms with E-state index in [-0.39, 0.29) is 0 Å². The molecular weight excluding hydrogens is 486 g/mol. The maximum absolute atomic E-state index is 4.72. The maximum Gasteiger partial charge on any atom is 0.0971 e. The summed E-state index contributed by atoms with van der Waals surface area (Å²) in [6, 6.07) is 39.8. The first-order chi connectivity index (χ1) is 19.7. The van der Waals surface area contributed by atoms with Crippen LogP contribution in [0.2, 0.25) is 0 Å². The minimum atomic E-state index is 0.488. The molecule has 8 rings (SSSR count). The molecule has 2 aromatic heterocycles. The van der Waals surface area contributed by atoms with Crippen LogP contribution in [0, 0.1) is 0 Å². The van der Waals surface area contributed by atoms with Crippen molar-refractivity contribution < 1.29 is 0 Å². The maximum atomic E-state index is 4.72. The highest BCUT2D eigenvalue weighted by Gasteiger charge is 2.15. The molecule has 2 heterocycles. The third kappa shape index (κ3) is 3.37. The summed E-state index contributed by atoms with van der Waals surface area (Å²) < 4.78 is 2.40. The third-order valence-electron chi connectivity index (χ3n) is 8.25. The molecule has 0 aliphatic carbocycles. The molecule has 0 radical (unpaired) electrons. The first-order valence-corrected chi connectivity index (χ1v) is 13.9. The largest absolute Gasteiger partial charge is 0.309 e. The molecule has 0 spiro atoms. The second-order valence-corrected chi connectivity index (χ2v) is 10.9. The summed E-state index contributed by atoms with van der Waals surface area (Å²) in [6.45, 7) is 4.51. The molecule has 0 saturated carbocycles. The van der Waals surface area contributed by atoms with Crippen molar-refractivity contribution in [3.63, 3.8) is 0 Å². The van der Waals surface area contributed by atoms with E-state index in [2.05, 4.69) is 133 Å². The quantitative estimate of drug-likeness (QED) is 0.220. The van der Waals surface area contributed by atoms with Gasteiger partial charge in [0.05, 0.1) is 22.1 Å². The Morgan fingerprint density at radius 3 is 1.98 bits per heavy atom. The topological polar surface area (TPSA) is 30.7 Å². The molecule has 190 valence electrons. The molecule has 0 N–H and O–H groups in total. The number of para-hydroxylation sites is 1. The Bertz CT molecular complexity index is 2220. The van der Waals surface area contributed by atoms with Gasteiger partial charge in [-0.2, -0.15) is 0 Å². The van der Waals surface area contributed by atoms with E-state index in [1.165, 1.54) is 49.3 Å². The molecule has 0 aliphatic rings. The Hall–Kier alpha value is -5.02. The normalized spacial score (nSPS) is 12.0. The lowest BCUT2D eigenvalue weighted by atomic mass is 9.95. The van der Waals surface area contributed by atoms with Crippen LogP contribution in [-0.4, -0.2) is 14.5 Å². The van der Waals surface area contributed by atoms with Gasteiger partial charge in [-0.15, -0.1) is 0 Å². The smallest absolute Gasteiger partial charge is 0.0971 e. The van der Waals surface area contributed by atoms with Crippen molar-refractivity contribution in [2.24, 2.45) is 0 Å². The molecule has 0 amide bonds. The van der Waals surface area contributed by atoms with Crippen molar-refractivity contribution in [3.8, 4) is 16.8 Å². The van der Waals surface area contributed by atoms with Crippen LogP contribution in [0.4, 0.5) is 0 Å². The predicted molar refractivity (Wildman–Crippen MR) is 168 cm³/mol. The molecule has 0 atom stereocenters. The van der Waals surface area contributed by atoms with Crippen molar-refractivity contribution in [2.75, 3.05) is 0 Å². The lowest BCUT2D eigenvalue weighted by Crippen LogP contribution is -1.95. The van der Waals surface area contributed by atoms with E-state index in [1.807, 2.05) is 0 Å². The average molecular weight is 514 g/mol. The van der Waals surface area contributed by atoms with E-state index in [4.69, 9.17) is 4.98 Å². The number of benzene rings is 6. The minimum absolute atomic E-state index is 0.488. The summed E-state index contributed by atoms with van der Waals surface area (Å²) in [5.74, 6) is 0.488. The van der Waals surface area contributed by atoms with Crippen molar-refractivity contribution in [2.45, 2.75) is 19.8 Å². The number of nitrogens with zero attached hydrogens (tertiary/aromatic N) is 3. The van der Waals surface area contributed by atoms with Crippen LogP contribution < -0.4 is 0 Å². The SMILES string of the molecule is CC(C)c1ccc2c(c1)c1ccccc1n2-c1cccc(-c2ccc3c(c2)c2ccccc2c2nccnc32)c1. The Morgan fingerprint density at radius 1 is 0.500 bits per heavy atom. The van der Waals surface area contributed by atoms with Crippen LogP contribution in [-0.2, 0) is 0 Å². The Kier molecular flexibility index (Phi) is 5.02. The summed E-state index contributed by atoms with van der Waals surface area (Å²) in [5.41, 5.74) is 9.26. The second-order valence-electron chi connectivity index (χ2n) is 10.9. The second kappa shape index (κ2) is 8.75. The van der Waals surface area contributed by atoms with E-state index in [9.17, 15) is 0 Å². The summed E-state index contributed by atoms with van der Waals surface area (Å²) in [4.78, 5) is 9.40. The minimum Gasteiger partial charge on any atom is -0.309 e. The predicted octanol–water partition coefficient (Wildman–Crippen LogP) is 9.82. The molecule has 0 fully saturated rings. The van der Waals surface area contributed by atoms with Crippen molar-refractivity contribution in [1.29, 1.82) is 0 Å². The number of hydrogen-bond donors (Lipinski definition) is 0. The van der Waals surface area contributed by atoms with Gasteiger partial charge in [0.15, 0.2) is 0 Å². The molecule has 0 saturated heterocycles. The van der Waals surface area contributed by atoms with Gasteiger partial charge < -0.3 is 4.57 Å². The van der Waals surface area contributed by atoms with E-state index in [0.717, 1.165) is 27.5 Å². The molecule has 0 bridgehead atoms. The highest BCUT2D eigenvalue weighted by Crippen LogP contribution is 2.37. The average Bonchev–Trinajstić information content (AvgIpc) is 3.35. The number of fused-ring (bicyclic) bond motifs is 9. The van der Waals surface area contributed by atoms with Crippen molar-refractivity contribution in [1.82, 2.24) is 14.5 Å². The molecule has 3 heteroatoms. The van der Waals surface area contributed by atoms with Crippen molar-refractivity contribution in [3.05, 3.63) is 127 Å². The molecular formula is C37H27N3. The number of aromatic nitrogens is 3. The molecule has 6 aromatic carbocycles. The fourth-order valence-corrected chi connectivity index (χ4v) is 6.26. The van der Waals surface area contributed by atoms with Crippen LogP contribution >= 0.6 is 0 Å². The van der Waals surface area contributed by atoms with Gasteiger partial charge in [0.25, 0.3) is 0 Å². The van der Waals surface area contributed by atoms with Crippen LogP contribution in [0.3, 0.4) is 0 Å². The zero-order valence-electron chi connectivity index (χ0n) is 22.5. The van der Waals surface area contributed by atoms with E-state index >= 15 is 0 Å². The highest BCUT2D eigenvalue weighted by molar-refractivity contribution is 6.23. The third-order valence-corrected chi connectivity index (χ3v) is 8.25. The fraction of sp³-hybridized carbons (Fsp3) is 0.0811. The Balaban J connectivity index is 1.35. The lowest BCUT2D eigenvalue weighted by Gasteiger charge is -2.13. The van der Waals surface area contributed by atoms with E-state index in [0.29, 0.717) is 5.92 Å². The molecule has 3 nitrogen and oxygen atoms in total. The standard InChI is InChI=1S/C37H27N3/c1-23(2)24-15-17-35-33(21-24)29-11-5-6-13-34(29)40(35)27-9-7-8-25(20-27)26-14-16-31-32(22-26)28-10-3-4-12-30(28)36-37(31)39-19-18-38-36/h3-23H,1-2H3. The molecule has 8 aromatic rings. The Morgan fingerprint density at radius 2 is 1.18 bits per heavy atom. The van der Waals surface area contributed by atoms with Gasteiger partial charge in [0, 0.05) is 39.6 Å². The van der Waals surface area contributed by atoms with Gasteiger partial charge in [-0.1, -0.05) is 86.6 Å². The zero-order chi connectivity index (χ0) is 26.8. The van der Waals surface area contributed by atoms with E-state index in [1.54, 1.807) is 12.4 Å². The summed E-state index contributed by atoms with van der Waals surface area (Å²) in [7, 11) is 0. The Labute approximate surface area is 232 Å². The van der Waals surface area contributed by atoms with Gasteiger partial charge in [-0.05, 0) is 69.8 Å². The zero-order valence-corrected chi connectivity index (χ0v) is 22.5. The summed E-state index contributed by atoms with van der Waals surface area (Å²) >= 11 is 0. The van der Waals surface area contributed by atoms with Gasteiger partial charge >= 0.3 is 0 Å². The number of hydrogen-bond acceptors (Lipinski definition) is 2. The van der Waals surface area contributed by atoms with Gasteiger partial charge in [0.1, 0.15) is 0 Å². The summed E-state index contributed by atoms with van der Waals surface area (Å²) in [6.07, 6.45) is 3.56. The monoisotopic (exact) mass is 513 g/mol. The highest BCUT2D eigenvalue weighted by atomic mass is 15.0. The van der Waals surface area contributed by atoms with Crippen LogP contribution in [0.5, 0.6) is 0 Å². The van der Waals surface area contributed by atoms with Gasteiger partial charge in [-0.3, -0.25) is 9.97 Å². The first-order valence-electron chi connectivity index (χ1n) is 13.9. The van der Waals surface area contributed by atoms with Gasteiger partial charge in [-0.25, -0.2) is 0 Å². The molecule has 40 heavy (non-hydrogen) atoms. The molecule has 0 aliphatic heterocycles. The van der Waals surface area contributed by atoms with E-state index < -0.39 is 0 Å². The first kappa shape index (κ1) is 22.9. The van der Waals surface area contributed by atoms with Crippen molar-refractivity contribution >= 4 is 54.4 Å². The van der Waals surface area contributed by atoms with Crippen LogP contribution in [0.15, 0.2) is 122 Å². The number of rotatable bonds is 3. The van der Waals surface area contributed by atoms with Crippen LogP contribution in [0.1, 0.15) is 25.3 Å². The van der Waals surface area contributed by atoms with Gasteiger partial charge in [0.2, 0.25) is 0 Å². The lowest BCUT2D eigenvalue weighted by molar-refractivity contribution is 0.868. The molecule has 0 unspecified atom stereocenters. The van der Waals surface area contributed by atoms with Crippen LogP contribution in [0.25, 0.3) is 71.2 Å². The summed E-state index contributed by atoms with van der Waals surface area (Å²) in [5, 5.41) is 7.25. The fourth-order valence-electron chi connectivity index (χ4n) is 6.26.